The van der Waals surface area contributed by atoms with Crippen molar-refractivity contribution in [3.63, 3.8) is 0 Å². The summed E-state index contributed by atoms with van der Waals surface area (Å²) in [5.74, 6) is 1.13. The Hall–Kier alpha value is -0.600. The van der Waals surface area contributed by atoms with Gasteiger partial charge in [0.2, 0.25) is 0 Å². The first-order valence-electron chi connectivity index (χ1n) is 7.29. The Balaban J connectivity index is 2.09. The van der Waals surface area contributed by atoms with Gasteiger partial charge in [-0.05, 0) is 62.4 Å². The van der Waals surface area contributed by atoms with E-state index in [1.54, 1.807) is 0 Å². The van der Waals surface area contributed by atoms with Crippen molar-refractivity contribution in [3.8, 4) is 0 Å². The highest BCUT2D eigenvalue weighted by Gasteiger charge is 2.24. The zero-order valence-electron chi connectivity index (χ0n) is 11.6. The summed E-state index contributed by atoms with van der Waals surface area (Å²) in [5.41, 5.74) is 1.09. The van der Waals surface area contributed by atoms with Crippen molar-refractivity contribution in [3.05, 3.63) is 34.6 Å². The highest BCUT2D eigenvalue weighted by atomic mass is 35.5. The van der Waals surface area contributed by atoms with Crippen LogP contribution in [0.1, 0.15) is 37.7 Å². The van der Waals surface area contributed by atoms with Crippen LogP contribution in [0, 0.1) is 17.7 Å². The number of hydrogen-bond donors (Lipinski definition) is 1. The lowest BCUT2D eigenvalue weighted by molar-refractivity contribution is 0.304. The smallest absolute Gasteiger partial charge is 0.124 e. The van der Waals surface area contributed by atoms with Crippen LogP contribution in [-0.2, 0) is 6.42 Å². The molecule has 2 atom stereocenters. The zero-order valence-corrected chi connectivity index (χ0v) is 12.3. The van der Waals surface area contributed by atoms with E-state index in [0.717, 1.165) is 18.5 Å². The second-order valence-electron chi connectivity index (χ2n) is 5.66. The maximum atomic E-state index is 13.1. The van der Waals surface area contributed by atoms with Crippen molar-refractivity contribution < 1.29 is 4.39 Å². The summed E-state index contributed by atoms with van der Waals surface area (Å²) < 4.78 is 13.1. The second kappa shape index (κ2) is 7.25. The van der Waals surface area contributed by atoms with Gasteiger partial charge in [-0.15, -0.1) is 0 Å². The highest BCUT2D eigenvalue weighted by molar-refractivity contribution is 6.31. The van der Waals surface area contributed by atoms with Crippen LogP contribution in [0.2, 0.25) is 5.02 Å². The monoisotopic (exact) mass is 283 g/mol. The number of rotatable bonds is 4. The van der Waals surface area contributed by atoms with Gasteiger partial charge >= 0.3 is 0 Å². The van der Waals surface area contributed by atoms with Crippen LogP contribution in [0.3, 0.4) is 0 Å². The highest BCUT2D eigenvalue weighted by Crippen LogP contribution is 2.32. The molecule has 0 bridgehead atoms. The number of halogens is 2. The van der Waals surface area contributed by atoms with Crippen molar-refractivity contribution in [2.75, 3.05) is 13.6 Å². The Bertz CT molecular complexity index is 408. The fourth-order valence-electron chi connectivity index (χ4n) is 3.23. The average molecular weight is 284 g/mol. The SMILES string of the molecule is CNCC1CCCCCC1Cc1ccc(F)cc1Cl. The molecule has 19 heavy (non-hydrogen) atoms. The van der Waals surface area contributed by atoms with E-state index in [-0.39, 0.29) is 5.82 Å². The maximum absolute atomic E-state index is 13.1. The number of benzene rings is 1. The van der Waals surface area contributed by atoms with Gasteiger partial charge in [0.05, 0.1) is 0 Å². The molecule has 1 N–H and O–H groups in total. The van der Waals surface area contributed by atoms with Crippen LogP contribution >= 0.6 is 11.6 Å². The summed E-state index contributed by atoms with van der Waals surface area (Å²) in [6, 6.07) is 4.80. The van der Waals surface area contributed by atoms with E-state index in [4.69, 9.17) is 11.6 Å². The summed E-state index contributed by atoms with van der Waals surface area (Å²) >= 11 is 6.16. The third-order valence-electron chi connectivity index (χ3n) is 4.28. The molecule has 3 heteroatoms. The van der Waals surface area contributed by atoms with Crippen molar-refractivity contribution >= 4 is 11.6 Å². The fourth-order valence-corrected chi connectivity index (χ4v) is 3.47. The lowest BCUT2D eigenvalue weighted by Crippen LogP contribution is -2.26. The molecule has 1 fully saturated rings. The predicted molar refractivity (Wildman–Crippen MR) is 79.1 cm³/mol. The summed E-state index contributed by atoms with van der Waals surface area (Å²) in [7, 11) is 2.02. The third-order valence-corrected chi connectivity index (χ3v) is 4.63. The van der Waals surface area contributed by atoms with Crippen molar-refractivity contribution in [2.24, 2.45) is 11.8 Å². The molecule has 106 valence electrons. The van der Waals surface area contributed by atoms with Crippen molar-refractivity contribution in [2.45, 2.75) is 38.5 Å². The van der Waals surface area contributed by atoms with Gasteiger partial charge < -0.3 is 5.32 Å². The molecule has 0 spiro atoms. The molecule has 2 unspecified atom stereocenters. The molecule has 1 aromatic rings. The zero-order chi connectivity index (χ0) is 13.7. The Labute approximate surface area is 120 Å². The molecule has 1 nitrogen and oxygen atoms in total. The lowest BCUT2D eigenvalue weighted by Gasteiger charge is -2.25. The van der Waals surface area contributed by atoms with Crippen LogP contribution in [-0.4, -0.2) is 13.6 Å². The van der Waals surface area contributed by atoms with Gasteiger partial charge in [-0.3, -0.25) is 0 Å². The van der Waals surface area contributed by atoms with Crippen LogP contribution in [0.15, 0.2) is 18.2 Å². The van der Waals surface area contributed by atoms with E-state index in [2.05, 4.69) is 5.32 Å². The van der Waals surface area contributed by atoms with Crippen LogP contribution in [0.25, 0.3) is 0 Å². The lowest BCUT2D eigenvalue weighted by atomic mass is 9.83. The Kier molecular flexibility index (Phi) is 5.65. The molecule has 0 heterocycles. The van der Waals surface area contributed by atoms with Crippen molar-refractivity contribution in [1.29, 1.82) is 0 Å². The molecule has 0 radical (unpaired) electrons. The van der Waals surface area contributed by atoms with E-state index < -0.39 is 0 Å². The Morgan fingerprint density at radius 3 is 2.63 bits per heavy atom. The second-order valence-corrected chi connectivity index (χ2v) is 6.06. The van der Waals surface area contributed by atoms with Crippen LogP contribution in [0.4, 0.5) is 4.39 Å². The standard InChI is InChI=1S/C16H23ClFN/c1-19-11-14-6-4-2-3-5-12(14)9-13-7-8-15(18)10-16(13)17/h7-8,10,12,14,19H,2-6,9,11H2,1H3. The van der Waals surface area contributed by atoms with Gasteiger partial charge in [0, 0.05) is 5.02 Å². The first kappa shape index (κ1) is 14.8. The molecule has 1 aromatic carbocycles. The van der Waals surface area contributed by atoms with Crippen LogP contribution in [0.5, 0.6) is 0 Å². The number of hydrogen-bond acceptors (Lipinski definition) is 1. The minimum Gasteiger partial charge on any atom is -0.319 e. The normalized spacial score (nSPS) is 24.2. The molecule has 0 amide bonds. The minimum atomic E-state index is -0.249. The molecule has 0 saturated heterocycles. The quantitative estimate of drug-likeness (QED) is 0.806. The topological polar surface area (TPSA) is 12.0 Å². The van der Waals surface area contributed by atoms with Gasteiger partial charge in [0.1, 0.15) is 5.82 Å². The minimum absolute atomic E-state index is 0.249. The van der Waals surface area contributed by atoms with Gasteiger partial charge in [-0.2, -0.15) is 0 Å². The van der Waals surface area contributed by atoms with Gasteiger partial charge in [-0.1, -0.05) is 36.9 Å². The van der Waals surface area contributed by atoms with E-state index in [1.165, 1.54) is 44.2 Å². The van der Waals surface area contributed by atoms with Gasteiger partial charge in [-0.25, -0.2) is 4.39 Å². The van der Waals surface area contributed by atoms with E-state index in [0.29, 0.717) is 16.9 Å². The van der Waals surface area contributed by atoms with Gasteiger partial charge in [0.25, 0.3) is 0 Å². The summed E-state index contributed by atoms with van der Waals surface area (Å²) in [6.45, 7) is 1.07. The third kappa shape index (κ3) is 4.19. The van der Waals surface area contributed by atoms with Gasteiger partial charge in [0.15, 0.2) is 0 Å². The Morgan fingerprint density at radius 2 is 1.95 bits per heavy atom. The molecule has 1 aliphatic rings. The maximum Gasteiger partial charge on any atom is 0.124 e. The molecule has 0 aliphatic heterocycles. The molecule has 1 saturated carbocycles. The fraction of sp³-hybridized carbons (Fsp3) is 0.625. The molecule has 2 rings (SSSR count). The largest absolute Gasteiger partial charge is 0.319 e. The van der Waals surface area contributed by atoms with E-state index in [9.17, 15) is 4.39 Å². The van der Waals surface area contributed by atoms with Crippen molar-refractivity contribution in [1.82, 2.24) is 5.32 Å². The molecule has 1 aliphatic carbocycles. The summed E-state index contributed by atoms with van der Waals surface area (Å²) in [6.07, 6.45) is 7.52. The molecule has 0 aromatic heterocycles. The first-order chi connectivity index (χ1) is 9.20. The number of nitrogens with one attached hydrogen (secondary N) is 1. The summed E-state index contributed by atoms with van der Waals surface area (Å²) in [5, 5.41) is 3.89. The average Bonchev–Trinajstić information content (AvgIpc) is 2.59. The van der Waals surface area contributed by atoms with Crippen LogP contribution < -0.4 is 5.32 Å². The van der Waals surface area contributed by atoms with E-state index in [1.807, 2.05) is 13.1 Å². The molecular formula is C16H23ClFN. The van der Waals surface area contributed by atoms with E-state index >= 15 is 0 Å². The predicted octanol–water partition coefficient (Wildman–Crippen LogP) is 4.44. The first-order valence-corrected chi connectivity index (χ1v) is 7.67. The molecular weight excluding hydrogens is 261 g/mol. The Morgan fingerprint density at radius 1 is 1.21 bits per heavy atom. The summed E-state index contributed by atoms with van der Waals surface area (Å²) in [4.78, 5) is 0.